The van der Waals surface area contributed by atoms with Gasteiger partial charge in [-0.05, 0) is 18.6 Å². The van der Waals surface area contributed by atoms with Crippen molar-refractivity contribution >= 4 is 28.7 Å². The van der Waals surface area contributed by atoms with E-state index >= 15 is 0 Å². The van der Waals surface area contributed by atoms with Gasteiger partial charge >= 0.3 is 0 Å². The molecule has 21 heavy (non-hydrogen) atoms. The van der Waals surface area contributed by atoms with Crippen molar-refractivity contribution in [2.45, 2.75) is 50.6 Å². The second-order valence-corrected chi connectivity index (χ2v) is 6.88. The molecule has 0 aliphatic rings. The molecule has 4 nitrogen and oxygen atoms in total. The fraction of sp³-hybridized carbons (Fsp3) is 0.500. The number of thioether (sulfide) groups is 1. The van der Waals surface area contributed by atoms with E-state index in [1.165, 1.54) is 0 Å². The lowest BCUT2D eigenvalue weighted by Crippen LogP contribution is -2.28. The van der Waals surface area contributed by atoms with Gasteiger partial charge in [0.15, 0.2) is 5.16 Å². The number of benzene rings is 1. The number of nitrogens with zero attached hydrogens (tertiary/aromatic N) is 2. The molecule has 1 heterocycles. The third-order valence-corrected chi connectivity index (χ3v) is 4.11. The lowest BCUT2D eigenvalue weighted by atomic mass is 10.3. The van der Waals surface area contributed by atoms with E-state index in [1.54, 1.807) is 11.8 Å². The van der Waals surface area contributed by atoms with Crippen molar-refractivity contribution in [3.8, 4) is 0 Å². The first-order valence-corrected chi connectivity index (χ1v) is 8.38. The van der Waals surface area contributed by atoms with E-state index in [-0.39, 0.29) is 5.91 Å². The summed E-state index contributed by atoms with van der Waals surface area (Å²) in [7, 11) is 0. The number of hydrogen-bond donors (Lipinski definition) is 1. The van der Waals surface area contributed by atoms with Crippen LogP contribution < -0.4 is 5.32 Å². The normalized spacial score (nSPS) is 11.2. The Kier molecular flexibility index (Phi) is 5.67. The van der Waals surface area contributed by atoms with E-state index in [2.05, 4.69) is 31.1 Å². The Morgan fingerprint density at radius 1 is 1.38 bits per heavy atom. The summed E-state index contributed by atoms with van der Waals surface area (Å²) in [6.07, 6.45) is 2.10. The molecule has 0 bridgehead atoms. The minimum Gasteiger partial charge on any atom is -0.355 e. The smallest absolute Gasteiger partial charge is 0.240 e. The Hall–Kier alpha value is -1.49. The number of nitrogens with one attached hydrogen (secondary N) is 1. The van der Waals surface area contributed by atoms with Crippen molar-refractivity contribution in [2.24, 2.45) is 0 Å². The Labute approximate surface area is 130 Å². The third kappa shape index (κ3) is 4.24. The topological polar surface area (TPSA) is 46.9 Å². The summed E-state index contributed by atoms with van der Waals surface area (Å²) < 4.78 is 2.02. The molecule has 1 N–H and O–H groups in total. The van der Waals surface area contributed by atoms with Crippen molar-refractivity contribution in [2.75, 3.05) is 6.54 Å². The van der Waals surface area contributed by atoms with Gasteiger partial charge in [0.1, 0.15) is 6.54 Å². The van der Waals surface area contributed by atoms with Gasteiger partial charge in [-0.25, -0.2) is 4.98 Å². The maximum atomic E-state index is 12.1. The van der Waals surface area contributed by atoms with Crippen LogP contribution in [0.2, 0.25) is 0 Å². The van der Waals surface area contributed by atoms with Crippen molar-refractivity contribution in [3.63, 3.8) is 0 Å². The Morgan fingerprint density at radius 3 is 2.86 bits per heavy atom. The highest BCUT2D eigenvalue weighted by Crippen LogP contribution is 2.26. The molecule has 0 aliphatic heterocycles. The SMILES string of the molecule is CCCCNC(=O)Cn1c(SC(C)C)nc2ccccc21. The fourth-order valence-electron chi connectivity index (χ4n) is 2.11. The third-order valence-electron chi connectivity index (χ3n) is 3.11. The van der Waals surface area contributed by atoms with E-state index < -0.39 is 0 Å². The van der Waals surface area contributed by atoms with E-state index in [0.29, 0.717) is 11.8 Å². The highest BCUT2D eigenvalue weighted by molar-refractivity contribution is 7.99. The van der Waals surface area contributed by atoms with Gasteiger partial charge in [-0.15, -0.1) is 0 Å². The summed E-state index contributed by atoms with van der Waals surface area (Å²) in [6.45, 7) is 7.46. The van der Waals surface area contributed by atoms with Gasteiger partial charge in [0.25, 0.3) is 0 Å². The molecule has 5 heteroatoms. The molecule has 0 atom stereocenters. The second kappa shape index (κ2) is 7.50. The molecule has 114 valence electrons. The van der Waals surface area contributed by atoms with Crippen molar-refractivity contribution < 1.29 is 4.79 Å². The number of para-hydroxylation sites is 2. The summed E-state index contributed by atoms with van der Waals surface area (Å²) >= 11 is 1.69. The van der Waals surface area contributed by atoms with Crippen LogP contribution in [-0.2, 0) is 11.3 Å². The van der Waals surface area contributed by atoms with Crippen molar-refractivity contribution in [1.29, 1.82) is 0 Å². The van der Waals surface area contributed by atoms with Gasteiger partial charge in [-0.2, -0.15) is 0 Å². The monoisotopic (exact) mass is 305 g/mol. The Morgan fingerprint density at radius 2 is 2.14 bits per heavy atom. The van der Waals surface area contributed by atoms with Gasteiger partial charge in [0, 0.05) is 11.8 Å². The fourth-order valence-corrected chi connectivity index (χ4v) is 2.97. The average Bonchev–Trinajstić information content (AvgIpc) is 2.76. The zero-order chi connectivity index (χ0) is 15.2. The first-order chi connectivity index (χ1) is 10.1. The van der Waals surface area contributed by atoms with Gasteiger partial charge in [-0.1, -0.05) is 51.1 Å². The molecule has 1 aromatic heterocycles. The number of amides is 1. The lowest BCUT2D eigenvalue weighted by molar-refractivity contribution is -0.121. The van der Waals surface area contributed by atoms with Gasteiger partial charge in [0.2, 0.25) is 5.91 Å². The standard InChI is InChI=1S/C16H23N3OS/c1-4-5-10-17-15(20)11-19-14-9-7-6-8-13(14)18-16(19)21-12(2)3/h6-9,12H,4-5,10-11H2,1-3H3,(H,17,20). The molecule has 0 saturated heterocycles. The molecule has 0 radical (unpaired) electrons. The summed E-state index contributed by atoms with van der Waals surface area (Å²) in [5.41, 5.74) is 1.97. The maximum absolute atomic E-state index is 12.1. The Bertz CT molecular complexity index is 607. The maximum Gasteiger partial charge on any atom is 0.240 e. The molecular formula is C16H23N3OS. The van der Waals surface area contributed by atoms with Crippen molar-refractivity contribution in [1.82, 2.24) is 14.9 Å². The largest absolute Gasteiger partial charge is 0.355 e. The number of carbonyl (C=O) groups is 1. The van der Waals surface area contributed by atoms with Gasteiger partial charge in [0.05, 0.1) is 11.0 Å². The summed E-state index contributed by atoms with van der Waals surface area (Å²) in [5, 5.41) is 4.32. The number of rotatable bonds is 7. The average molecular weight is 305 g/mol. The number of carbonyl (C=O) groups excluding carboxylic acids is 1. The minimum atomic E-state index is 0.0530. The first kappa shape index (κ1) is 15.9. The van der Waals surface area contributed by atoms with Crippen LogP contribution in [0.3, 0.4) is 0 Å². The van der Waals surface area contributed by atoms with Crippen LogP contribution in [0.25, 0.3) is 11.0 Å². The summed E-state index contributed by atoms with van der Waals surface area (Å²) in [5.74, 6) is 0.0530. The molecular weight excluding hydrogens is 282 g/mol. The van der Waals surface area contributed by atoms with Crippen LogP contribution in [0, 0.1) is 0 Å². The van der Waals surface area contributed by atoms with Crippen LogP contribution in [-0.4, -0.2) is 27.3 Å². The van der Waals surface area contributed by atoms with E-state index in [4.69, 9.17) is 0 Å². The van der Waals surface area contributed by atoms with E-state index in [0.717, 1.165) is 35.6 Å². The Balaban J connectivity index is 2.21. The quantitative estimate of drug-likeness (QED) is 0.629. The van der Waals surface area contributed by atoms with Gasteiger partial charge < -0.3 is 9.88 Å². The van der Waals surface area contributed by atoms with Crippen LogP contribution in [0.1, 0.15) is 33.6 Å². The zero-order valence-electron chi connectivity index (χ0n) is 12.9. The van der Waals surface area contributed by atoms with Crippen molar-refractivity contribution in [3.05, 3.63) is 24.3 Å². The van der Waals surface area contributed by atoms with Crippen LogP contribution in [0.5, 0.6) is 0 Å². The molecule has 2 rings (SSSR count). The molecule has 0 saturated carbocycles. The molecule has 2 aromatic rings. The highest BCUT2D eigenvalue weighted by atomic mass is 32.2. The lowest BCUT2D eigenvalue weighted by Gasteiger charge is -2.10. The van der Waals surface area contributed by atoms with Crippen LogP contribution >= 0.6 is 11.8 Å². The number of imidazole rings is 1. The molecule has 0 spiro atoms. The van der Waals surface area contributed by atoms with E-state index in [1.807, 2.05) is 28.8 Å². The predicted molar refractivity (Wildman–Crippen MR) is 88.6 cm³/mol. The van der Waals surface area contributed by atoms with Crippen LogP contribution in [0.4, 0.5) is 0 Å². The number of hydrogen-bond acceptors (Lipinski definition) is 3. The predicted octanol–water partition coefficient (Wildman–Crippen LogP) is 3.45. The molecule has 1 aromatic carbocycles. The first-order valence-electron chi connectivity index (χ1n) is 7.50. The molecule has 1 amide bonds. The molecule has 0 aliphatic carbocycles. The highest BCUT2D eigenvalue weighted by Gasteiger charge is 2.14. The number of fused-ring (bicyclic) bond motifs is 1. The van der Waals surface area contributed by atoms with E-state index in [9.17, 15) is 4.79 Å². The number of unbranched alkanes of at least 4 members (excludes halogenated alkanes) is 1. The zero-order valence-corrected chi connectivity index (χ0v) is 13.7. The molecule has 0 fully saturated rings. The second-order valence-electron chi connectivity index (χ2n) is 5.34. The summed E-state index contributed by atoms with van der Waals surface area (Å²) in [4.78, 5) is 16.7. The van der Waals surface area contributed by atoms with Gasteiger partial charge in [-0.3, -0.25) is 4.79 Å². The minimum absolute atomic E-state index is 0.0530. The van der Waals surface area contributed by atoms with Crippen LogP contribution in [0.15, 0.2) is 29.4 Å². The summed E-state index contributed by atoms with van der Waals surface area (Å²) in [6, 6.07) is 7.97. The number of aromatic nitrogens is 2. The molecule has 0 unspecified atom stereocenters.